The smallest absolute Gasteiger partial charge is 0.265 e. The highest BCUT2D eigenvalue weighted by Gasteiger charge is 2.23. The number of carbonyl (C=O) groups is 1. The monoisotopic (exact) mass is 363 g/mol. The Bertz CT molecular complexity index is 1020. The molecule has 0 radical (unpaired) electrons. The van der Waals surface area contributed by atoms with E-state index in [0.717, 1.165) is 19.4 Å². The van der Waals surface area contributed by atoms with Crippen molar-refractivity contribution in [2.24, 2.45) is 0 Å². The van der Waals surface area contributed by atoms with Gasteiger partial charge < -0.3 is 10.1 Å². The van der Waals surface area contributed by atoms with Gasteiger partial charge in [-0.05, 0) is 56.2 Å². The van der Waals surface area contributed by atoms with Gasteiger partial charge >= 0.3 is 0 Å². The van der Waals surface area contributed by atoms with E-state index in [1.165, 1.54) is 10.9 Å². The number of rotatable bonds is 4. The van der Waals surface area contributed by atoms with Crippen LogP contribution in [-0.2, 0) is 4.74 Å². The van der Waals surface area contributed by atoms with E-state index in [1.54, 1.807) is 30.3 Å². The van der Waals surface area contributed by atoms with Crippen LogP contribution in [0.3, 0.4) is 0 Å². The van der Waals surface area contributed by atoms with Gasteiger partial charge in [0.05, 0.1) is 28.7 Å². The third kappa shape index (κ3) is 3.48. The van der Waals surface area contributed by atoms with Gasteiger partial charge in [0.15, 0.2) is 0 Å². The molecule has 2 aromatic carbocycles. The average molecular weight is 363 g/mol. The van der Waals surface area contributed by atoms with E-state index < -0.39 is 0 Å². The van der Waals surface area contributed by atoms with Crippen molar-refractivity contribution in [3.05, 3.63) is 70.8 Å². The Hall–Kier alpha value is -2.99. The zero-order chi connectivity index (χ0) is 18.8. The number of ether oxygens (including phenoxy) is 1. The molecular formula is C21H21N3O3. The summed E-state index contributed by atoms with van der Waals surface area (Å²) in [5, 5.41) is 3.55. The van der Waals surface area contributed by atoms with Crippen LogP contribution in [0, 0.1) is 0 Å². The van der Waals surface area contributed by atoms with Crippen molar-refractivity contribution >= 4 is 16.8 Å². The van der Waals surface area contributed by atoms with Crippen molar-refractivity contribution in [1.29, 1.82) is 0 Å². The molecule has 6 heteroatoms. The van der Waals surface area contributed by atoms with Crippen molar-refractivity contribution < 1.29 is 9.53 Å². The Balaban J connectivity index is 1.54. The summed E-state index contributed by atoms with van der Waals surface area (Å²) in [6.45, 7) is 2.72. The molecular weight excluding hydrogens is 342 g/mol. The quantitative estimate of drug-likeness (QED) is 0.773. The standard InChI is InChI=1S/C21H21N3O3/c1-14(19-7-4-12-27-19)23-20(25)15-8-10-16(11-9-15)24-13-22-18-6-3-2-5-17(18)21(24)26/h2-3,5-6,8-11,13-14,19H,4,7,12H2,1H3,(H,23,25)/t14-,19-/m0/s1. The largest absolute Gasteiger partial charge is 0.376 e. The van der Waals surface area contributed by atoms with Gasteiger partial charge in [0.1, 0.15) is 6.33 Å². The van der Waals surface area contributed by atoms with Crippen LogP contribution >= 0.6 is 0 Å². The lowest BCUT2D eigenvalue weighted by molar-refractivity contribution is 0.0712. The molecule has 1 aromatic heterocycles. The molecule has 2 atom stereocenters. The second kappa shape index (κ2) is 7.32. The van der Waals surface area contributed by atoms with Gasteiger partial charge in [0.2, 0.25) is 0 Å². The summed E-state index contributed by atoms with van der Waals surface area (Å²) in [6, 6.07) is 14.1. The number of fused-ring (bicyclic) bond motifs is 1. The molecule has 1 aliphatic heterocycles. The number of carbonyl (C=O) groups excluding carboxylic acids is 1. The predicted molar refractivity (Wildman–Crippen MR) is 103 cm³/mol. The molecule has 4 rings (SSSR count). The van der Waals surface area contributed by atoms with E-state index in [1.807, 2.05) is 25.1 Å². The van der Waals surface area contributed by atoms with E-state index in [2.05, 4.69) is 10.3 Å². The normalized spacial score (nSPS) is 17.7. The number of hydrogen-bond acceptors (Lipinski definition) is 4. The Kier molecular flexibility index (Phi) is 4.73. The van der Waals surface area contributed by atoms with Gasteiger partial charge in [0.25, 0.3) is 11.5 Å². The molecule has 2 heterocycles. The third-order valence-electron chi connectivity index (χ3n) is 4.95. The van der Waals surface area contributed by atoms with Gasteiger partial charge in [0, 0.05) is 12.2 Å². The summed E-state index contributed by atoms with van der Waals surface area (Å²) >= 11 is 0. The SMILES string of the molecule is C[C@H](NC(=O)c1ccc(-n2cnc3ccccc3c2=O)cc1)[C@@H]1CCCO1. The van der Waals surface area contributed by atoms with E-state index in [4.69, 9.17) is 4.74 Å². The van der Waals surface area contributed by atoms with Gasteiger partial charge in [-0.2, -0.15) is 0 Å². The fraction of sp³-hybridized carbons (Fsp3) is 0.286. The predicted octanol–water partition coefficient (Wildman–Crippen LogP) is 2.68. The number of hydrogen-bond donors (Lipinski definition) is 1. The minimum atomic E-state index is -0.145. The van der Waals surface area contributed by atoms with Gasteiger partial charge in [-0.15, -0.1) is 0 Å². The van der Waals surface area contributed by atoms with Gasteiger partial charge in [-0.3, -0.25) is 14.2 Å². The lowest BCUT2D eigenvalue weighted by atomic mass is 10.1. The Morgan fingerprint density at radius 3 is 2.74 bits per heavy atom. The summed E-state index contributed by atoms with van der Waals surface area (Å²) in [6.07, 6.45) is 3.60. The first-order valence-corrected chi connectivity index (χ1v) is 9.13. The second-order valence-electron chi connectivity index (χ2n) is 6.80. The van der Waals surface area contributed by atoms with E-state index in [-0.39, 0.29) is 23.6 Å². The zero-order valence-corrected chi connectivity index (χ0v) is 15.1. The van der Waals surface area contributed by atoms with Crippen molar-refractivity contribution in [3.63, 3.8) is 0 Å². The van der Waals surface area contributed by atoms with Crippen LogP contribution in [0.15, 0.2) is 59.7 Å². The third-order valence-corrected chi connectivity index (χ3v) is 4.95. The summed E-state index contributed by atoms with van der Waals surface area (Å²) < 4.78 is 7.10. The molecule has 0 bridgehead atoms. The zero-order valence-electron chi connectivity index (χ0n) is 15.1. The molecule has 1 aliphatic rings. The van der Waals surface area contributed by atoms with Crippen LogP contribution in [0.4, 0.5) is 0 Å². The van der Waals surface area contributed by atoms with E-state index in [0.29, 0.717) is 22.2 Å². The van der Waals surface area contributed by atoms with Crippen molar-refractivity contribution in [2.45, 2.75) is 31.9 Å². The van der Waals surface area contributed by atoms with Crippen molar-refractivity contribution in [2.75, 3.05) is 6.61 Å². The van der Waals surface area contributed by atoms with Crippen LogP contribution in [0.2, 0.25) is 0 Å². The molecule has 1 fully saturated rings. The molecule has 1 N–H and O–H groups in total. The van der Waals surface area contributed by atoms with E-state index in [9.17, 15) is 9.59 Å². The first-order chi connectivity index (χ1) is 13.1. The first-order valence-electron chi connectivity index (χ1n) is 9.13. The molecule has 0 saturated carbocycles. The topological polar surface area (TPSA) is 73.2 Å². The van der Waals surface area contributed by atoms with Crippen LogP contribution in [-0.4, -0.2) is 34.2 Å². The summed E-state index contributed by atoms with van der Waals surface area (Å²) in [7, 11) is 0. The highest BCUT2D eigenvalue weighted by molar-refractivity contribution is 5.94. The molecule has 27 heavy (non-hydrogen) atoms. The van der Waals surface area contributed by atoms with Crippen LogP contribution in [0.1, 0.15) is 30.1 Å². The number of amides is 1. The highest BCUT2D eigenvalue weighted by atomic mass is 16.5. The molecule has 6 nitrogen and oxygen atoms in total. The molecule has 0 unspecified atom stereocenters. The Morgan fingerprint density at radius 2 is 2.00 bits per heavy atom. The minimum absolute atomic E-state index is 0.0352. The summed E-state index contributed by atoms with van der Waals surface area (Å²) in [5.74, 6) is -0.145. The molecule has 0 spiro atoms. The fourth-order valence-electron chi connectivity index (χ4n) is 3.41. The van der Waals surface area contributed by atoms with E-state index >= 15 is 0 Å². The van der Waals surface area contributed by atoms with Gasteiger partial charge in [-0.1, -0.05) is 12.1 Å². The maximum Gasteiger partial charge on any atom is 0.265 e. The molecule has 3 aromatic rings. The van der Waals surface area contributed by atoms with Crippen LogP contribution in [0.25, 0.3) is 16.6 Å². The first kappa shape index (κ1) is 17.4. The number of para-hydroxylation sites is 1. The molecule has 0 aliphatic carbocycles. The average Bonchev–Trinajstić information content (AvgIpc) is 3.24. The number of aromatic nitrogens is 2. The van der Waals surface area contributed by atoms with Crippen molar-refractivity contribution in [3.8, 4) is 5.69 Å². The number of nitrogens with one attached hydrogen (secondary N) is 1. The lowest BCUT2D eigenvalue weighted by Gasteiger charge is -2.20. The lowest BCUT2D eigenvalue weighted by Crippen LogP contribution is -2.40. The maximum absolute atomic E-state index is 12.7. The van der Waals surface area contributed by atoms with Gasteiger partial charge in [-0.25, -0.2) is 4.98 Å². The van der Waals surface area contributed by atoms with Crippen LogP contribution in [0.5, 0.6) is 0 Å². The fourth-order valence-corrected chi connectivity index (χ4v) is 3.41. The minimum Gasteiger partial charge on any atom is -0.376 e. The number of nitrogens with zero attached hydrogens (tertiary/aromatic N) is 2. The Labute approximate surface area is 156 Å². The second-order valence-corrected chi connectivity index (χ2v) is 6.80. The summed E-state index contributed by atoms with van der Waals surface area (Å²) in [4.78, 5) is 29.5. The Morgan fingerprint density at radius 1 is 1.22 bits per heavy atom. The number of benzene rings is 2. The maximum atomic E-state index is 12.7. The molecule has 1 amide bonds. The highest BCUT2D eigenvalue weighted by Crippen LogP contribution is 2.16. The summed E-state index contributed by atoms with van der Waals surface area (Å²) in [5.41, 5.74) is 1.75. The molecule has 138 valence electrons. The van der Waals surface area contributed by atoms with Crippen LogP contribution < -0.4 is 10.9 Å². The van der Waals surface area contributed by atoms with Crippen molar-refractivity contribution in [1.82, 2.24) is 14.9 Å². The molecule has 1 saturated heterocycles.